The molecule has 0 radical (unpaired) electrons. The average Bonchev–Trinajstić information content (AvgIpc) is 2.05. The Bertz CT molecular complexity index is 185. The van der Waals surface area contributed by atoms with E-state index in [4.69, 9.17) is 0 Å². The molecule has 0 aliphatic heterocycles. The molecule has 2 nitrogen and oxygen atoms in total. The number of rotatable bonds is 4. The molecule has 0 heterocycles. The minimum atomic E-state index is -0.509. The summed E-state index contributed by atoms with van der Waals surface area (Å²) >= 11 is 0. The third kappa shape index (κ3) is 3.40. The molecule has 0 bridgehead atoms. The molecular weight excluding hydrogens is 154 g/mol. The molecule has 0 unspecified atom stereocenters. The summed E-state index contributed by atoms with van der Waals surface area (Å²) in [5.41, 5.74) is 0. The van der Waals surface area contributed by atoms with Crippen molar-refractivity contribution in [3.05, 3.63) is 36.3 Å². The molecule has 0 aliphatic carbocycles. The molecule has 0 amide bonds. The maximum atomic E-state index is 11.5. The van der Waals surface area contributed by atoms with Gasteiger partial charge in [0.2, 0.25) is 11.5 Å². The Kier molecular flexibility index (Phi) is 4.81. The van der Waals surface area contributed by atoms with Crippen LogP contribution in [0.4, 0.5) is 9.05 Å². The van der Waals surface area contributed by atoms with E-state index in [0.717, 1.165) is 0 Å². The Morgan fingerprint density at radius 2 is 2.00 bits per heavy atom. The molecule has 62 valence electrons. The maximum absolute atomic E-state index is 11.5. The maximum Gasteiger partial charge on any atom is 0.217 e. The van der Waals surface area contributed by atoms with Crippen LogP contribution in [0.25, 0.3) is 0 Å². The van der Waals surface area contributed by atoms with Crippen LogP contribution in [0.15, 0.2) is 36.3 Å². The topological polar surface area (TPSA) is 18.5 Å². The molecule has 0 saturated heterocycles. The minimum Gasteiger partial charge on any atom is -0.291 e. The Balaban J connectivity index is 4.26. The number of halogens is 2. The highest BCUT2D eigenvalue weighted by Gasteiger charge is 2.05. The van der Waals surface area contributed by atoms with Gasteiger partial charge in [-0.3, -0.25) is 9.88 Å². The lowest BCUT2D eigenvalue weighted by Crippen LogP contribution is -1.87. The van der Waals surface area contributed by atoms with Crippen molar-refractivity contribution in [2.45, 2.75) is 6.92 Å². The highest BCUT2D eigenvalue weighted by atomic mass is 19.3. The van der Waals surface area contributed by atoms with Crippen molar-refractivity contribution in [2.75, 3.05) is 0 Å². The molecule has 0 aromatic carbocycles. The van der Waals surface area contributed by atoms with E-state index in [1.54, 1.807) is 13.0 Å². The van der Waals surface area contributed by atoms with Gasteiger partial charge in [0.1, 0.15) is 0 Å². The Morgan fingerprint density at radius 1 is 1.36 bits per heavy atom. The van der Waals surface area contributed by atoms with E-state index < -0.39 is 11.5 Å². The van der Waals surface area contributed by atoms with E-state index in [-0.39, 0.29) is 0 Å². The summed E-state index contributed by atoms with van der Waals surface area (Å²) < 4.78 is 22.8. The fourth-order valence-electron chi connectivity index (χ4n) is 0.383. The first-order chi connectivity index (χ1) is 5.26. The van der Waals surface area contributed by atoms with Gasteiger partial charge >= 0.3 is 0 Å². The molecule has 11 heavy (non-hydrogen) atoms. The molecule has 0 fully saturated rings. The fraction of sp³-hybridized carbons (Fsp3) is 0.143. The first-order valence-electron chi connectivity index (χ1n) is 2.85. The van der Waals surface area contributed by atoms with Crippen LogP contribution in [0.1, 0.15) is 6.92 Å². The lowest BCUT2D eigenvalue weighted by Gasteiger charge is -1.96. The average molecular weight is 162 g/mol. The van der Waals surface area contributed by atoms with Gasteiger partial charge in [0.05, 0.1) is 0 Å². The van der Waals surface area contributed by atoms with Gasteiger partial charge in [0.25, 0.3) is 0 Å². The molecule has 0 N–H and O–H groups in total. The lowest BCUT2D eigenvalue weighted by molar-refractivity contribution is -0.126. The van der Waals surface area contributed by atoms with Crippen molar-refractivity contribution < 1.29 is 18.9 Å². The molecule has 0 saturated carbocycles. The van der Waals surface area contributed by atoms with E-state index >= 15 is 0 Å². The number of hydrogen-bond donors (Lipinski definition) is 0. The molecule has 4 heteroatoms. The second kappa shape index (κ2) is 5.46. The Morgan fingerprint density at radius 3 is 2.36 bits per heavy atom. The quantitative estimate of drug-likeness (QED) is 0.467. The van der Waals surface area contributed by atoms with Crippen molar-refractivity contribution in [1.82, 2.24) is 0 Å². The van der Waals surface area contributed by atoms with E-state index in [9.17, 15) is 9.05 Å². The van der Waals surface area contributed by atoms with Gasteiger partial charge in [-0.15, -0.1) is 0 Å². The largest absolute Gasteiger partial charge is 0.291 e. The van der Waals surface area contributed by atoms with Crippen molar-refractivity contribution >= 4 is 0 Å². The van der Waals surface area contributed by atoms with Gasteiger partial charge in [-0.05, 0) is 19.6 Å². The van der Waals surface area contributed by atoms with E-state index in [1.807, 2.05) is 0 Å². The fourth-order valence-corrected chi connectivity index (χ4v) is 0.383. The van der Waals surface area contributed by atoms with Gasteiger partial charge in [-0.25, -0.2) is 0 Å². The van der Waals surface area contributed by atoms with Crippen LogP contribution < -0.4 is 0 Å². The van der Waals surface area contributed by atoms with Crippen molar-refractivity contribution in [2.24, 2.45) is 0 Å². The van der Waals surface area contributed by atoms with Gasteiger partial charge < -0.3 is 0 Å². The zero-order valence-electron chi connectivity index (χ0n) is 6.01. The Hall–Kier alpha value is -1.32. The zero-order chi connectivity index (χ0) is 8.69. The molecule has 0 aliphatic rings. The highest BCUT2D eigenvalue weighted by molar-refractivity contribution is 5.20. The second-order valence-electron chi connectivity index (χ2n) is 1.63. The van der Waals surface area contributed by atoms with Crippen LogP contribution in [0.5, 0.6) is 0 Å². The zero-order valence-corrected chi connectivity index (χ0v) is 6.01. The highest BCUT2D eigenvalue weighted by Crippen LogP contribution is 2.11. The summed E-state index contributed by atoms with van der Waals surface area (Å²) in [4.78, 5) is 6.39. The Labute approximate surface area is 63.2 Å². The van der Waals surface area contributed by atoms with Crippen LogP contribution in [0, 0.1) is 0 Å². The van der Waals surface area contributed by atoms with Gasteiger partial charge in [-0.2, -0.15) is 0 Å². The molecule has 0 spiro atoms. The van der Waals surface area contributed by atoms with Gasteiger partial charge in [0, 0.05) is 9.05 Å². The van der Waals surface area contributed by atoms with E-state index in [2.05, 4.69) is 16.5 Å². The number of allylic oxidation sites excluding steroid dienone is 3. The summed E-state index contributed by atoms with van der Waals surface area (Å²) in [6.07, 6.45) is 4.26. The number of hydrogen-bond acceptors (Lipinski definition) is 2. The predicted molar refractivity (Wildman–Crippen MR) is 36.4 cm³/mol. The summed E-state index contributed by atoms with van der Waals surface area (Å²) in [5, 5.41) is 0. The van der Waals surface area contributed by atoms with Gasteiger partial charge in [0.15, 0.2) is 0 Å². The van der Waals surface area contributed by atoms with E-state index in [0.29, 0.717) is 0 Å². The van der Waals surface area contributed by atoms with Crippen LogP contribution in [0.3, 0.4) is 0 Å². The monoisotopic (exact) mass is 162 g/mol. The second-order valence-corrected chi connectivity index (χ2v) is 1.63. The third-order valence-electron chi connectivity index (χ3n) is 0.891. The summed E-state index contributed by atoms with van der Waals surface area (Å²) in [6, 6.07) is 0. The predicted octanol–water partition coefficient (Wildman–Crippen LogP) is 2.76. The molecular formula is C7H8F2O2. The first-order valence-corrected chi connectivity index (χ1v) is 2.85. The SMILES string of the molecule is C=C(OF)/C(=C\C=C/C)OF. The smallest absolute Gasteiger partial charge is 0.217 e. The van der Waals surface area contributed by atoms with Gasteiger partial charge in [-0.1, -0.05) is 12.2 Å². The third-order valence-corrected chi connectivity index (χ3v) is 0.891. The standard InChI is InChI=1S/C7H8F2O2/c1-3-4-5-7(11-9)6(2)10-8/h3-5H,2H2,1H3/b4-3-,7-5+. The first kappa shape index (κ1) is 9.68. The van der Waals surface area contributed by atoms with Crippen LogP contribution in [-0.2, 0) is 9.88 Å². The molecule has 0 aromatic rings. The van der Waals surface area contributed by atoms with Crippen LogP contribution in [-0.4, -0.2) is 0 Å². The van der Waals surface area contributed by atoms with Crippen LogP contribution in [0.2, 0.25) is 0 Å². The minimum absolute atomic E-state index is 0.398. The van der Waals surface area contributed by atoms with Crippen molar-refractivity contribution in [3.8, 4) is 0 Å². The normalized spacial score (nSPS) is 11.7. The van der Waals surface area contributed by atoms with E-state index in [1.165, 1.54) is 12.2 Å². The van der Waals surface area contributed by atoms with Crippen molar-refractivity contribution in [3.63, 3.8) is 0 Å². The lowest BCUT2D eigenvalue weighted by atomic mass is 10.4. The molecule has 0 atom stereocenters. The summed E-state index contributed by atoms with van der Waals surface area (Å²) in [5.74, 6) is -0.906. The summed E-state index contributed by atoms with van der Waals surface area (Å²) in [6.45, 7) is 4.75. The summed E-state index contributed by atoms with van der Waals surface area (Å²) in [7, 11) is 0. The molecule has 0 rings (SSSR count). The van der Waals surface area contributed by atoms with Crippen LogP contribution >= 0.6 is 0 Å². The van der Waals surface area contributed by atoms with Crippen molar-refractivity contribution in [1.29, 1.82) is 0 Å². The molecule has 0 aromatic heterocycles.